The number of piperazine rings is 1. The van der Waals surface area contributed by atoms with Crippen molar-refractivity contribution < 1.29 is 4.79 Å². The standard InChI is InChI=1S/C22H39N5O/c1-3-23-21(24-17-22(9-6-10-22)19-7-8-19)27-15-13-25(14-16-27)18(2)20(28)26-11-4-5-12-26/h18-19H,3-17H2,1-2H3,(H,23,24). The summed E-state index contributed by atoms with van der Waals surface area (Å²) in [6, 6.07) is 0.00730. The molecule has 1 atom stereocenters. The molecule has 4 rings (SSSR count). The molecular weight excluding hydrogens is 350 g/mol. The Kier molecular flexibility index (Phi) is 6.14. The average molecular weight is 390 g/mol. The monoisotopic (exact) mass is 389 g/mol. The van der Waals surface area contributed by atoms with Gasteiger partial charge in [0.05, 0.1) is 6.04 Å². The van der Waals surface area contributed by atoms with Crippen LogP contribution in [0.2, 0.25) is 0 Å². The predicted octanol–water partition coefficient (Wildman–Crippen LogP) is 2.16. The fourth-order valence-corrected chi connectivity index (χ4v) is 5.36. The van der Waals surface area contributed by atoms with Gasteiger partial charge >= 0.3 is 0 Å². The van der Waals surface area contributed by atoms with Crippen LogP contribution >= 0.6 is 0 Å². The van der Waals surface area contributed by atoms with E-state index in [2.05, 4.69) is 33.9 Å². The van der Waals surface area contributed by atoms with Crippen LogP contribution in [0, 0.1) is 11.3 Å². The van der Waals surface area contributed by atoms with Gasteiger partial charge in [0.15, 0.2) is 5.96 Å². The number of likely N-dealkylation sites (tertiary alicyclic amines) is 1. The van der Waals surface area contributed by atoms with Gasteiger partial charge in [0, 0.05) is 52.4 Å². The number of guanidine groups is 1. The Morgan fingerprint density at radius 2 is 1.71 bits per heavy atom. The molecule has 1 unspecified atom stereocenters. The van der Waals surface area contributed by atoms with E-state index in [1.54, 1.807) is 0 Å². The van der Waals surface area contributed by atoms with Crippen LogP contribution in [0.3, 0.4) is 0 Å². The van der Waals surface area contributed by atoms with Crippen molar-refractivity contribution in [3.05, 3.63) is 0 Å². The molecule has 0 spiro atoms. The quantitative estimate of drug-likeness (QED) is 0.559. The summed E-state index contributed by atoms with van der Waals surface area (Å²) < 4.78 is 0. The Labute approximate surface area is 170 Å². The average Bonchev–Trinajstić information content (AvgIpc) is 3.38. The third-order valence-electron chi connectivity index (χ3n) is 7.61. The summed E-state index contributed by atoms with van der Waals surface area (Å²) in [5.74, 6) is 2.36. The van der Waals surface area contributed by atoms with E-state index in [0.717, 1.165) is 77.1 Å². The predicted molar refractivity (Wildman–Crippen MR) is 113 cm³/mol. The smallest absolute Gasteiger partial charge is 0.239 e. The Morgan fingerprint density at radius 1 is 1.04 bits per heavy atom. The first-order chi connectivity index (χ1) is 13.6. The minimum atomic E-state index is 0.00730. The van der Waals surface area contributed by atoms with E-state index in [1.807, 2.05) is 0 Å². The van der Waals surface area contributed by atoms with Crippen LogP contribution in [0.15, 0.2) is 4.99 Å². The Balaban J connectivity index is 1.31. The number of hydrogen-bond acceptors (Lipinski definition) is 3. The van der Waals surface area contributed by atoms with Crippen LogP contribution in [0.4, 0.5) is 0 Å². The normalized spacial score (nSPS) is 26.9. The topological polar surface area (TPSA) is 51.2 Å². The fraction of sp³-hybridized carbons (Fsp3) is 0.909. The lowest BCUT2D eigenvalue weighted by molar-refractivity contribution is -0.135. The molecule has 4 fully saturated rings. The molecule has 2 aliphatic heterocycles. The molecule has 2 saturated heterocycles. The molecule has 0 aromatic carbocycles. The van der Waals surface area contributed by atoms with Crippen LogP contribution in [0.5, 0.6) is 0 Å². The molecule has 1 amide bonds. The number of aliphatic imine (C=N–C) groups is 1. The van der Waals surface area contributed by atoms with Gasteiger partial charge in [0.25, 0.3) is 0 Å². The number of amides is 1. The number of carbonyl (C=O) groups excluding carboxylic acids is 1. The second kappa shape index (κ2) is 8.60. The van der Waals surface area contributed by atoms with Gasteiger partial charge in [-0.3, -0.25) is 14.7 Å². The Bertz CT molecular complexity index is 569. The highest BCUT2D eigenvalue weighted by atomic mass is 16.2. The first-order valence-corrected chi connectivity index (χ1v) is 11.7. The number of nitrogens with zero attached hydrogens (tertiary/aromatic N) is 4. The van der Waals surface area contributed by atoms with Crippen molar-refractivity contribution >= 4 is 11.9 Å². The second-order valence-electron chi connectivity index (χ2n) is 9.39. The molecule has 4 aliphatic rings. The highest BCUT2D eigenvalue weighted by molar-refractivity contribution is 5.82. The number of carbonyl (C=O) groups is 1. The molecule has 6 nitrogen and oxygen atoms in total. The summed E-state index contributed by atoms with van der Waals surface area (Å²) in [6.45, 7) is 11.9. The highest BCUT2D eigenvalue weighted by Crippen LogP contribution is 2.57. The fourth-order valence-electron chi connectivity index (χ4n) is 5.36. The second-order valence-corrected chi connectivity index (χ2v) is 9.39. The van der Waals surface area contributed by atoms with E-state index in [9.17, 15) is 4.79 Å². The van der Waals surface area contributed by atoms with E-state index in [4.69, 9.17) is 4.99 Å². The number of nitrogens with one attached hydrogen (secondary N) is 1. The van der Waals surface area contributed by atoms with Gasteiger partial charge in [0.1, 0.15) is 0 Å². The molecule has 2 heterocycles. The number of rotatable bonds is 6. The lowest BCUT2D eigenvalue weighted by atomic mass is 9.65. The molecule has 6 heteroatoms. The molecule has 0 bridgehead atoms. The van der Waals surface area contributed by atoms with E-state index in [1.165, 1.54) is 32.1 Å². The molecule has 2 saturated carbocycles. The first-order valence-electron chi connectivity index (χ1n) is 11.7. The van der Waals surface area contributed by atoms with E-state index >= 15 is 0 Å². The van der Waals surface area contributed by atoms with E-state index < -0.39 is 0 Å². The zero-order valence-corrected chi connectivity index (χ0v) is 18.0. The third-order valence-corrected chi connectivity index (χ3v) is 7.61. The van der Waals surface area contributed by atoms with Gasteiger partial charge in [-0.2, -0.15) is 0 Å². The minimum absolute atomic E-state index is 0.00730. The summed E-state index contributed by atoms with van der Waals surface area (Å²) in [5, 5.41) is 3.53. The van der Waals surface area contributed by atoms with Gasteiger partial charge < -0.3 is 15.1 Å². The zero-order chi connectivity index (χ0) is 19.6. The molecule has 2 aliphatic carbocycles. The molecular formula is C22H39N5O. The van der Waals surface area contributed by atoms with Crippen LogP contribution in [-0.2, 0) is 4.79 Å². The van der Waals surface area contributed by atoms with Gasteiger partial charge in [0.2, 0.25) is 5.91 Å². The lowest BCUT2D eigenvalue weighted by Crippen LogP contribution is -2.57. The molecule has 28 heavy (non-hydrogen) atoms. The molecule has 0 aromatic rings. The lowest BCUT2D eigenvalue weighted by Gasteiger charge is -2.42. The summed E-state index contributed by atoms with van der Waals surface area (Å²) >= 11 is 0. The van der Waals surface area contributed by atoms with Crippen molar-refractivity contribution in [3.63, 3.8) is 0 Å². The highest BCUT2D eigenvalue weighted by Gasteiger charge is 2.48. The SMILES string of the molecule is CCNC(=NCC1(C2CC2)CCC1)N1CCN(C(C)C(=O)N2CCCC2)CC1. The maximum absolute atomic E-state index is 12.7. The summed E-state index contributed by atoms with van der Waals surface area (Å²) in [7, 11) is 0. The van der Waals surface area contributed by atoms with Crippen molar-refractivity contribution in [1.82, 2.24) is 20.0 Å². The van der Waals surface area contributed by atoms with Gasteiger partial charge in [-0.15, -0.1) is 0 Å². The van der Waals surface area contributed by atoms with Crippen molar-refractivity contribution in [2.45, 2.75) is 64.8 Å². The molecule has 158 valence electrons. The Morgan fingerprint density at radius 3 is 2.25 bits per heavy atom. The van der Waals surface area contributed by atoms with Crippen LogP contribution in [-0.4, -0.2) is 85.0 Å². The maximum Gasteiger partial charge on any atom is 0.239 e. The van der Waals surface area contributed by atoms with Gasteiger partial charge in [-0.05, 0) is 63.7 Å². The van der Waals surface area contributed by atoms with Crippen molar-refractivity contribution in [1.29, 1.82) is 0 Å². The zero-order valence-electron chi connectivity index (χ0n) is 18.0. The van der Waals surface area contributed by atoms with Gasteiger partial charge in [-0.1, -0.05) is 6.42 Å². The summed E-state index contributed by atoms with van der Waals surface area (Å²) in [5.41, 5.74) is 0.527. The molecule has 1 N–H and O–H groups in total. The molecule has 0 aromatic heterocycles. The summed E-state index contributed by atoms with van der Waals surface area (Å²) in [4.78, 5) is 24.6. The maximum atomic E-state index is 12.7. The van der Waals surface area contributed by atoms with Crippen molar-refractivity contribution in [2.75, 3.05) is 52.4 Å². The third kappa shape index (κ3) is 4.17. The Hall–Kier alpha value is -1.30. The molecule has 0 radical (unpaired) electrons. The van der Waals surface area contributed by atoms with Crippen LogP contribution in [0.25, 0.3) is 0 Å². The minimum Gasteiger partial charge on any atom is -0.357 e. The van der Waals surface area contributed by atoms with Gasteiger partial charge in [-0.25, -0.2) is 0 Å². The summed E-state index contributed by atoms with van der Waals surface area (Å²) in [6.07, 6.45) is 9.33. The van der Waals surface area contributed by atoms with Crippen LogP contribution < -0.4 is 5.32 Å². The van der Waals surface area contributed by atoms with Crippen molar-refractivity contribution in [2.24, 2.45) is 16.3 Å². The van der Waals surface area contributed by atoms with Crippen LogP contribution in [0.1, 0.15) is 58.8 Å². The van der Waals surface area contributed by atoms with Crippen molar-refractivity contribution in [3.8, 4) is 0 Å². The van der Waals surface area contributed by atoms with E-state index in [0.29, 0.717) is 11.3 Å². The number of hydrogen-bond donors (Lipinski definition) is 1. The largest absolute Gasteiger partial charge is 0.357 e. The van der Waals surface area contributed by atoms with E-state index in [-0.39, 0.29) is 6.04 Å². The first kappa shape index (κ1) is 20.0.